The van der Waals surface area contributed by atoms with Crippen LogP contribution in [0.15, 0.2) is 18.2 Å². The number of hydrogen-bond donors (Lipinski definition) is 1. The SMILES string of the molecule is CCCNCc1cc(C)ccc1N(CCC)CCC. The number of rotatable bonds is 9. The summed E-state index contributed by atoms with van der Waals surface area (Å²) in [5.74, 6) is 0. The highest BCUT2D eigenvalue weighted by molar-refractivity contribution is 5.55. The van der Waals surface area contributed by atoms with Crippen LogP contribution in [0.3, 0.4) is 0 Å². The molecule has 0 saturated carbocycles. The lowest BCUT2D eigenvalue weighted by molar-refractivity contribution is 0.668. The summed E-state index contributed by atoms with van der Waals surface area (Å²) in [4.78, 5) is 2.53. The second kappa shape index (κ2) is 8.98. The largest absolute Gasteiger partial charge is 0.371 e. The van der Waals surface area contributed by atoms with Gasteiger partial charge in [0.15, 0.2) is 0 Å². The lowest BCUT2D eigenvalue weighted by atomic mass is 10.1. The smallest absolute Gasteiger partial charge is 0.0412 e. The molecule has 108 valence electrons. The molecule has 0 atom stereocenters. The van der Waals surface area contributed by atoms with Crippen molar-refractivity contribution in [1.29, 1.82) is 0 Å². The van der Waals surface area contributed by atoms with Crippen molar-refractivity contribution in [3.63, 3.8) is 0 Å². The van der Waals surface area contributed by atoms with Gasteiger partial charge < -0.3 is 10.2 Å². The Morgan fingerprint density at radius 2 is 1.68 bits per heavy atom. The molecule has 1 N–H and O–H groups in total. The highest BCUT2D eigenvalue weighted by Gasteiger charge is 2.09. The topological polar surface area (TPSA) is 15.3 Å². The maximum atomic E-state index is 3.53. The van der Waals surface area contributed by atoms with Crippen molar-refractivity contribution in [3.8, 4) is 0 Å². The van der Waals surface area contributed by atoms with Gasteiger partial charge >= 0.3 is 0 Å². The first-order valence-corrected chi connectivity index (χ1v) is 7.78. The van der Waals surface area contributed by atoms with Crippen LogP contribution in [0, 0.1) is 6.92 Å². The summed E-state index contributed by atoms with van der Waals surface area (Å²) in [6.07, 6.45) is 3.60. The van der Waals surface area contributed by atoms with E-state index < -0.39 is 0 Å². The van der Waals surface area contributed by atoms with Crippen molar-refractivity contribution in [2.24, 2.45) is 0 Å². The second-order valence-electron chi connectivity index (χ2n) is 5.30. The summed E-state index contributed by atoms with van der Waals surface area (Å²) in [6, 6.07) is 6.86. The normalized spacial score (nSPS) is 10.7. The number of nitrogens with zero attached hydrogens (tertiary/aromatic N) is 1. The number of benzene rings is 1. The Kier molecular flexibility index (Phi) is 7.57. The molecule has 0 aliphatic heterocycles. The summed E-state index contributed by atoms with van der Waals surface area (Å²) in [5.41, 5.74) is 4.21. The molecule has 2 nitrogen and oxygen atoms in total. The van der Waals surface area contributed by atoms with E-state index in [-0.39, 0.29) is 0 Å². The maximum Gasteiger partial charge on any atom is 0.0412 e. The van der Waals surface area contributed by atoms with Crippen LogP contribution in [-0.4, -0.2) is 19.6 Å². The van der Waals surface area contributed by atoms with Gasteiger partial charge in [0.05, 0.1) is 0 Å². The third-order valence-corrected chi connectivity index (χ3v) is 3.30. The summed E-state index contributed by atoms with van der Waals surface area (Å²) >= 11 is 0. The van der Waals surface area contributed by atoms with Crippen LogP contribution < -0.4 is 10.2 Å². The fourth-order valence-corrected chi connectivity index (χ4v) is 2.46. The summed E-state index contributed by atoms with van der Waals surface area (Å²) in [7, 11) is 0. The minimum atomic E-state index is 0.981. The van der Waals surface area contributed by atoms with Crippen molar-refractivity contribution in [2.45, 2.75) is 53.5 Å². The fourth-order valence-electron chi connectivity index (χ4n) is 2.46. The van der Waals surface area contributed by atoms with E-state index in [1.807, 2.05) is 0 Å². The van der Waals surface area contributed by atoms with Gasteiger partial charge in [-0.25, -0.2) is 0 Å². The predicted octanol–water partition coefficient (Wildman–Crippen LogP) is 4.12. The van der Waals surface area contributed by atoms with Gasteiger partial charge in [-0.05, 0) is 44.4 Å². The van der Waals surface area contributed by atoms with E-state index in [1.165, 1.54) is 36.1 Å². The lowest BCUT2D eigenvalue weighted by Gasteiger charge is -2.27. The van der Waals surface area contributed by atoms with E-state index >= 15 is 0 Å². The zero-order valence-electron chi connectivity index (χ0n) is 13.1. The first kappa shape index (κ1) is 16.0. The average molecular weight is 262 g/mol. The van der Waals surface area contributed by atoms with Crippen molar-refractivity contribution >= 4 is 5.69 Å². The quantitative estimate of drug-likeness (QED) is 0.673. The van der Waals surface area contributed by atoms with Crippen molar-refractivity contribution in [2.75, 3.05) is 24.5 Å². The summed E-state index contributed by atoms with van der Waals surface area (Å²) < 4.78 is 0. The number of anilines is 1. The van der Waals surface area contributed by atoms with Gasteiger partial charge in [0.2, 0.25) is 0 Å². The molecule has 0 unspecified atom stereocenters. The second-order valence-corrected chi connectivity index (χ2v) is 5.30. The minimum absolute atomic E-state index is 0.981. The standard InChI is InChI=1S/C17H30N2/c1-5-10-18-14-16-13-15(4)8-9-17(16)19(11-6-2)12-7-3/h8-9,13,18H,5-7,10-12,14H2,1-4H3. The van der Waals surface area contributed by atoms with Crippen molar-refractivity contribution in [1.82, 2.24) is 5.32 Å². The molecule has 19 heavy (non-hydrogen) atoms. The van der Waals surface area contributed by atoms with Crippen LogP contribution >= 0.6 is 0 Å². The lowest BCUT2D eigenvalue weighted by Crippen LogP contribution is -2.27. The molecule has 0 radical (unpaired) electrons. The van der Waals surface area contributed by atoms with Crippen LogP contribution in [0.5, 0.6) is 0 Å². The Bertz CT molecular complexity index is 354. The molecule has 0 bridgehead atoms. The molecular formula is C17H30N2. The molecule has 0 aliphatic carbocycles. The van der Waals surface area contributed by atoms with Gasteiger partial charge in [0.25, 0.3) is 0 Å². The third-order valence-electron chi connectivity index (χ3n) is 3.30. The van der Waals surface area contributed by atoms with E-state index in [0.29, 0.717) is 0 Å². The predicted molar refractivity (Wildman–Crippen MR) is 86.0 cm³/mol. The van der Waals surface area contributed by atoms with Gasteiger partial charge in [-0.15, -0.1) is 0 Å². The van der Waals surface area contributed by atoms with Crippen LogP contribution in [0.1, 0.15) is 51.2 Å². The Labute approximate surface area is 119 Å². The fraction of sp³-hybridized carbons (Fsp3) is 0.647. The first-order chi connectivity index (χ1) is 9.22. The van der Waals surface area contributed by atoms with Gasteiger partial charge in [0, 0.05) is 25.3 Å². The molecule has 1 aromatic rings. The minimum Gasteiger partial charge on any atom is -0.371 e. The van der Waals surface area contributed by atoms with E-state index in [2.05, 4.69) is 56.1 Å². The van der Waals surface area contributed by atoms with E-state index in [9.17, 15) is 0 Å². The molecule has 1 aromatic carbocycles. The number of aryl methyl sites for hydroxylation is 1. The highest BCUT2D eigenvalue weighted by Crippen LogP contribution is 2.22. The highest BCUT2D eigenvalue weighted by atomic mass is 15.1. The van der Waals surface area contributed by atoms with Crippen LogP contribution in [0.2, 0.25) is 0 Å². The van der Waals surface area contributed by atoms with Crippen molar-refractivity contribution in [3.05, 3.63) is 29.3 Å². The number of hydrogen-bond acceptors (Lipinski definition) is 2. The van der Waals surface area contributed by atoms with Crippen molar-refractivity contribution < 1.29 is 0 Å². The molecular weight excluding hydrogens is 232 g/mol. The molecule has 2 heteroatoms. The molecule has 0 aliphatic rings. The third kappa shape index (κ3) is 5.23. The molecule has 0 saturated heterocycles. The van der Waals surface area contributed by atoms with E-state index in [1.54, 1.807) is 0 Å². The van der Waals surface area contributed by atoms with Gasteiger partial charge in [-0.3, -0.25) is 0 Å². The molecule has 0 amide bonds. The Morgan fingerprint density at radius 3 is 2.26 bits per heavy atom. The van der Waals surface area contributed by atoms with E-state index in [0.717, 1.165) is 26.2 Å². The number of nitrogens with one attached hydrogen (secondary N) is 1. The molecule has 0 aromatic heterocycles. The van der Waals surface area contributed by atoms with Crippen LogP contribution in [0.25, 0.3) is 0 Å². The van der Waals surface area contributed by atoms with Gasteiger partial charge in [-0.2, -0.15) is 0 Å². The average Bonchev–Trinajstić information content (AvgIpc) is 2.39. The van der Waals surface area contributed by atoms with Gasteiger partial charge in [-0.1, -0.05) is 38.5 Å². The van der Waals surface area contributed by atoms with Crippen LogP contribution in [0.4, 0.5) is 5.69 Å². The molecule has 0 heterocycles. The Hall–Kier alpha value is -1.02. The molecule has 0 spiro atoms. The molecule has 1 rings (SSSR count). The monoisotopic (exact) mass is 262 g/mol. The zero-order chi connectivity index (χ0) is 14.1. The summed E-state index contributed by atoms with van der Waals surface area (Å²) in [6.45, 7) is 13.3. The first-order valence-electron chi connectivity index (χ1n) is 7.78. The Balaban J connectivity index is 2.88. The van der Waals surface area contributed by atoms with E-state index in [4.69, 9.17) is 0 Å². The summed E-state index contributed by atoms with van der Waals surface area (Å²) in [5, 5.41) is 3.53. The zero-order valence-corrected chi connectivity index (χ0v) is 13.1. The van der Waals surface area contributed by atoms with Crippen LogP contribution in [-0.2, 0) is 6.54 Å². The van der Waals surface area contributed by atoms with Gasteiger partial charge in [0.1, 0.15) is 0 Å². The maximum absolute atomic E-state index is 3.53. The molecule has 0 fully saturated rings. The Morgan fingerprint density at radius 1 is 1.00 bits per heavy atom.